The third kappa shape index (κ3) is 4.43. The number of aromatic nitrogens is 2. The number of hydrogen-bond donors (Lipinski definition) is 0. The van der Waals surface area contributed by atoms with Crippen LogP contribution in [0.4, 0.5) is 0 Å². The Kier molecular flexibility index (Phi) is 6.84. The fourth-order valence-corrected chi connectivity index (χ4v) is 3.95. The number of thioether (sulfide) groups is 1. The number of para-hydroxylation sites is 1. The lowest BCUT2D eigenvalue weighted by molar-refractivity contribution is 0.112. The molecule has 1 heterocycles. The first-order valence-corrected chi connectivity index (χ1v) is 9.90. The van der Waals surface area contributed by atoms with Gasteiger partial charge in [-0.15, -0.1) is 0 Å². The predicted molar refractivity (Wildman–Crippen MR) is 110 cm³/mol. The molecule has 0 aliphatic heterocycles. The molecule has 0 amide bonds. The number of aldehydes is 1. The lowest BCUT2D eigenvalue weighted by Gasteiger charge is -2.14. The second-order valence-corrected chi connectivity index (χ2v) is 7.13. The molecule has 0 saturated carbocycles. The van der Waals surface area contributed by atoms with Gasteiger partial charge in [-0.3, -0.25) is 14.2 Å². The summed E-state index contributed by atoms with van der Waals surface area (Å²) in [5.74, 6) is 1.23. The molecule has 3 aromatic rings. The van der Waals surface area contributed by atoms with E-state index in [9.17, 15) is 9.59 Å². The van der Waals surface area contributed by atoms with E-state index in [0.717, 1.165) is 11.8 Å². The molecule has 3 rings (SSSR count). The molecule has 0 spiro atoms. The van der Waals surface area contributed by atoms with E-state index >= 15 is 0 Å². The summed E-state index contributed by atoms with van der Waals surface area (Å²) in [5.41, 5.74) is 2.08. The SMILES string of the molecule is COCCCn1c(SCc2cc(C=O)ccc2OC)nc2ccccc2c1=O. The predicted octanol–water partition coefficient (Wildman–Crippen LogP) is 3.55. The molecule has 0 aliphatic rings. The zero-order chi connectivity index (χ0) is 19.9. The Morgan fingerprint density at radius 2 is 2.00 bits per heavy atom. The molecular formula is C21H22N2O4S. The highest BCUT2D eigenvalue weighted by atomic mass is 32.2. The molecule has 1 aromatic heterocycles. The topological polar surface area (TPSA) is 70.4 Å². The minimum Gasteiger partial charge on any atom is -0.496 e. The van der Waals surface area contributed by atoms with E-state index < -0.39 is 0 Å². The number of fused-ring (bicyclic) bond motifs is 1. The first-order valence-electron chi connectivity index (χ1n) is 8.91. The Morgan fingerprint density at radius 3 is 2.75 bits per heavy atom. The maximum Gasteiger partial charge on any atom is 0.262 e. The number of rotatable bonds is 9. The summed E-state index contributed by atoms with van der Waals surface area (Å²) < 4.78 is 12.2. The Morgan fingerprint density at radius 1 is 1.18 bits per heavy atom. The van der Waals surface area contributed by atoms with Gasteiger partial charge in [0.25, 0.3) is 5.56 Å². The molecule has 2 aromatic carbocycles. The molecule has 7 heteroatoms. The first-order chi connectivity index (χ1) is 13.7. The van der Waals surface area contributed by atoms with Gasteiger partial charge in [-0.05, 0) is 36.8 Å². The normalized spacial score (nSPS) is 10.9. The Bertz CT molecular complexity index is 1030. The fraction of sp³-hybridized carbons (Fsp3) is 0.286. The highest BCUT2D eigenvalue weighted by Crippen LogP contribution is 2.28. The zero-order valence-electron chi connectivity index (χ0n) is 15.9. The number of carbonyl (C=O) groups excluding carboxylic acids is 1. The number of benzene rings is 2. The number of nitrogens with zero attached hydrogens (tertiary/aromatic N) is 2. The summed E-state index contributed by atoms with van der Waals surface area (Å²) in [4.78, 5) is 28.8. The smallest absolute Gasteiger partial charge is 0.262 e. The van der Waals surface area contributed by atoms with Gasteiger partial charge >= 0.3 is 0 Å². The van der Waals surface area contributed by atoms with Gasteiger partial charge in [0.05, 0.1) is 18.0 Å². The average molecular weight is 398 g/mol. The Labute approximate surface area is 167 Å². The van der Waals surface area contributed by atoms with Gasteiger partial charge in [0.15, 0.2) is 5.16 Å². The quantitative estimate of drug-likeness (QED) is 0.238. The van der Waals surface area contributed by atoms with Crippen LogP contribution >= 0.6 is 11.8 Å². The van der Waals surface area contributed by atoms with Gasteiger partial charge in [-0.1, -0.05) is 23.9 Å². The van der Waals surface area contributed by atoms with E-state index in [0.29, 0.717) is 52.7 Å². The molecule has 28 heavy (non-hydrogen) atoms. The third-order valence-corrected chi connectivity index (χ3v) is 5.38. The second-order valence-electron chi connectivity index (χ2n) is 6.19. The van der Waals surface area contributed by atoms with E-state index in [2.05, 4.69) is 0 Å². The van der Waals surface area contributed by atoms with Crippen molar-refractivity contribution < 1.29 is 14.3 Å². The molecule has 0 saturated heterocycles. The van der Waals surface area contributed by atoms with Crippen LogP contribution in [0.1, 0.15) is 22.3 Å². The highest BCUT2D eigenvalue weighted by molar-refractivity contribution is 7.98. The van der Waals surface area contributed by atoms with Crippen LogP contribution in [0.15, 0.2) is 52.4 Å². The summed E-state index contributed by atoms with van der Waals surface area (Å²) >= 11 is 1.45. The van der Waals surface area contributed by atoms with Crippen LogP contribution in [-0.4, -0.2) is 36.7 Å². The van der Waals surface area contributed by atoms with Crippen molar-refractivity contribution in [3.63, 3.8) is 0 Å². The fourth-order valence-electron chi connectivity index (χ4n) is 2.95. The van der Waals surface area contributed by atoms with Crippen LogP contribution in [0.25, 0.3) is 10.9 Å². The standard InChI is InChI=1S/C21H22N2O4S/c1-26-11-5-10-23-20(25)17-6-3-4-7-18(17)22-21(23)28-14-16-12-15(13-24)8-9-19(16)27-2/h3-4,6-9,12-13H,5,10-11,14H2,1-2H3. The molecule has 0 bridgehead atoms. The van der Waals surface area contributed by atoms with Crippen molar-refractivity contribution in [3.05, 3.63) is 63.9 Å². The van der Waals surface area contributed by atoms with Gasteiger partial charge in [0.1, 0.15) is 12.0 Å². The van der Waals surface area contributed by atoms with Crippen LogP contribution in [0.2, 0.25) is 0 Å². The van der Waals surface area contributed by atoms with Gasteiger partial charge in [0.2, 0.25) is 0 Å². The first kappa shape index (κ1) is 20.1. The molecule has 146 valence electrons. The van der Waals surface area contributed by atoms with Crippen molar-refractivity contribution in [1.82, 2.24) is 9.55 Å². The largest absolute Gasteiger partial charge is 0.496 e. The van der Waals surface area contributed by atoms with Gasteiger partial charge < -0.3 is 9.47 Å². The number of ether oxygens (including phenoxy) is 2. The highest BCUT2D eigenvalue weighted by Gasteiger charge is 2.13. The average Bonchev–Trinajstić information content (AvgIpc) is 2.73. The van der Waals surface area contributed by atoms with Crippen LogP contribution in [0.5, 0.6) is 5.75 Å². The van der Waals surface area contributed by atoms with Crippen molar-refractivity contribution >= 4 is 29.0 Å². The third-order valence-electron chi connectivity index (χ3n) is 4.35. The Balaban J connectivity index is 1.96. The summed E-state index contributed by atoms with van der Waals surface area (Å²) in [6, 6.07) is 12.6. The van der Waals surface area contributed by atoms with Crippen molar-refractivity contribution in [1.29, 1.82) is 0 Å². The summed E-state index contributed by atoms with van der Waals surface area (Å²) in [6.45, 7) is 1.09. The maximum atomic E-state index is 13.0. The lowest BCUT2D eigenvalue weighted by Crippen LogP contribution is -2.24. The van der Waals surface area contributed by atoms with Crippen molar-refractivity contribution in [2.75, 3.05) is 20.8 Å². The number of hydrogen-bond acceptors (Lipinski definition) is 6. The monoisotopic (exact) mass is 398 g/mol. The number of carbonyl (C=O) groups is 1. The van der Waals surface area contributed by atoms with Crippen LogP contribution in [0.3, 0.4) is 0 Å². The molecule has 6 nitrogen and oxygen atoms in total. The van der Waals surface area contributed by atoms with E-state index in [-0.39, 0.29) is 5.56 Å². The van der Waals surface area contributed by atoms with Crippen LogP contribution in [0, 0.1) is 0 Å². The summed E-state index contributed by atoms with van der Waals surface area (Å²) in [6.07, 6.45) is 1.52. The van der Waals surface area contributed by atoms with Crippen molar-refractivity contribution in [2.45, 2.75) is 23.9 Å². The van der Waals surface area contributed by atoms with Crippen LogP contribution < -0.4 is 10.3 Å². The van der Waals surface area contributed by atoms with Gasteiger partial charge in [-0.2, -0.15) is 0 Å². The molecule has 0 atom stereocenters. The lowest BCUT2D eigenvalue weighted by atomic mass is 10.1. The van der Waals surface area contributed by atoms with Crippen molar-refractivity contribution in [3.8, 4) is 5.75 Å². The minimum absolute atomic E-state index is 0.0576. The molecule has 0 unspecified atom stereocenters. The van der Waals surface area contributed by atoms with E-state index in [4.69, 9.17) is 14.5 Å². The van der Waals surface area contributed by atoms with Crippen LogP contribution in [-0.2, 0) is 17.0 Å². The van der Waals surface area contributed by atoms with E-state index in [1.54, 1.807) is 43.1 Å². The maximum absolute atomic E-state index is 13.0. The molecule has 0 aliphatic carbocycles. The van der Waals surface area contributed by atoms with Gasteiger partial charge in [-0.25, -0.2) is 4.98 Å². The van der Waals surface area contributed by atoms with E-state index in [1.165, 1.54) is 11.8 Å². The molecule has 0 fully saturated rings. The molecule has 0 radical (unpaired) electrons. The summed E-state index contributed by atoms with van der Waals surface area (Å²) in [5, 5.41) is 1.24. The minimum atomic E-state index is -0.0576. The van der Waals surface area contributed by atoms with E-state index in [1.807, 2.05) is 18.2 Å². The molecular weight excluding hydrogens is 376 g/mol. The van der Waals surface area contributed by atoms with Crippen molar-refractivity contribution in [2.24, 2.45) is 0 Å². The summed E-state index contributed by atoms with van der Waals surface area (Å²) in [7, 11) is 3.24. The van der Waals surface area contributed by atoms with Gasteiger partial charge in [0, 0.05) is 37.1 Å². The second kappa shape index (κ2) is 9.52. The Hall–Kier alpha value is -2.64. The molecule has 0 N–H and O–H groups in total. The zero-order valence-corrected chi connectivity index (χ0v) is 16.7. The number of methoxy groups -OCH3 is 2.